The Kier molecular flexibility index (Phi) is 7.22. The maximum Gasteiger partial charge on any atom is 0.124 e. The van der Waals surface area contributed by atoms with Crippen molar-refractivity contribution < 1.29 is 27.3 Å². The number of benzene rings is 2. The van der Waals surface area contributed by atoms with Crippen LogP contribution in [-0.4, -0.2) is 35.7 Å². The van der Waals surface area contributed by atoms with Gasteiger partial charge in [0, 0.05) is 40.6 Å². The second-order valence-corrected chi connectivity index (χ2v) is 4.19. The van der Waals surface area contributed by atoms with E-state index in [2.05, 4.69) is 9.98 Å². The number of hydrogen-bond acceptors (Lipinski definition) is 4. The molecule has 0 aromatic heterocycles. The Hall–Kier alpha value is -2.10. The minimum atomic E-state index is 0. The Balaban J connectivity index is 0.00000220. The third-order valence-corrected chi connectivity index (χ3v) is 2.69. The number of phenols is 2. The van der Waals surface area contributed by atoms with Gasteiger partial charge < -0.3 is 10.2 Å². The zero-order valence-electron chi connectivity index (χ0n) is 11.3. The molecule has 0 aliphatic rings. The molecule has 0 fully saturated rings. The van der Waals surface area contributed by atoms with Gasteiger partial charge in [-0.05, 0) is 24.3 Å². The van der Waals surface area contributed by atoms with Gasteiger partial charge in [0.25, 0.3) is 0 Å². The van der Waals surface area contributed by atoms with Crippen molar-refractivity contribution >= 4 is 12.4 Å². The molecule has 2 rings (SSSR count). The van der Waals surface area contributed by atoms with Crippen LogP contribution < -0.4 is 0 Å². The third kappa shape index (κ3) is 5.42. The van der Waals surface area contributed by atoms with E-state index in [-0.39, 0.29) is 28.6 Å². The van der Waals surface area contributed by atoms with Crippen molar-refractivity contribution in [2.75, 3.05) is 13.1 Å². The van der Waals surface area contributed by atoms with E-state index in [0.29, 0.717) is 24.2 Å². The van der Waals surface area contributed by atoms with E-state index < -0.39 is 0 Å². The van der Waals surface area contributed by atoms with E-state index in [9.17, 15) is 10.2 Å². The summed E-state index contributed by atoms with van der Waals surface area (Å²) in [6, 6.07) is 14.1. The third-order valence-electron chi connectivity index (χ3n) is 2.69. The van der Waals surface area contributed by atoms with Crippen molar-refractivity contribution in [3.8, 4) is 11.5 Å². The molecule has 0 heterocycles. The van der Waals surface area contributed by atoms with Crippen molar-refractivity contribution in [1.82, 2.24) is 0 Å². The molecule has 0 unspecified atom stereocenters. The molecule has 0 aliphatic heterocycles. The van der Waals surface area contributed by atoms with Crippen LogP contribution in [0.5, 0.6) is 11.5 Å². The van der Waals surface area contributed by atoms with E-state index in [0.717, 1.165) is 0 Å². The van der Waals surface area contributed by atoms with Crippen LogP contribution in [0, 0.1) is 0 Å². The van der Waals surface area contributed by atoms with Crippen LogP contribution in [0.15, 0.2) is 58.5 Å². The number of hydrogen-bond donors (Lipinski definition) is 2. The van der Waals surface area contributed by atoms with Gasteiger partial charge in [0.1, 0.15) is 11.5 Å². The van der Waals surface area contributed by atoms with Crippen LogP contribution >= 0.6 is 0 Å². The van der Waals surface area contributed by atoms with E-state index in [1.165, 1.54) is 0 Å². The zero-order valence-corrected chi connectivity index (χ0v) is 12.2. The average molecular weight is 332 g/mol. The van der Waals surface area contributed by atoms with Crippen molar-refractivity contribution in [2.24, 2.45) is 9.98 Å². The molecule has 5 heteroatoms. The van der Waals surface area contributed by atoms with Gasteiger partial charge in [-0.25, -0.2) is 0 Å². The molecule has 0 aliphatic carbocycles. The molecule has 0 saturated heterocycles. The van der Waals surface area contributed by atoms with E-state index in [4.69, 9.17) is 0 Å². The normalized spacial score (nSPS) is 10.9. The first-order valence-corrected chi connectivity index (χ1v) is 6.33. The summed E-state index contributed by atoms with van der Waals surface area (Å²) in [6.07, 6.45) is 3.26. The number of rotatable bonds is 5. The van der Waals surface area contributed by atoms with Gasteiger partial charge in [-0.2, -0.15) is 0 Å². The first-order chi connectivity index (χ1) is 9.77. The predicted octanol–water partition coefficient (Wildman–Crippen LogP) is 2.63. The Bertz CT molecular complexity index is 572. The van der Waals surface area contributed by atoms with Gasteiger partial charge in [-0.15, -0.1) is 0 Å². The molecule has 2 aromatic carbocycles. The molecule has 2 N–H and O–H groups in total. The second kappa shape index (κ2) is 8.95. The molecule has 0 saturated carbocycles. The first-order valence-electron chi connectivity index (χ1n) is 6.33. The van der Waals surface area contributed by atoms with Crippen LogP contribution in [0.3, 0.4) is 0 Å². The number of phenolic OH excluding ortho intramolecular Hbond substituents is 2. The summed E-state index contributed by atoms with van der Waals surface area (Å²) in [6.45, 7) is 1.05. The molecule has 0 amide bonds. The molecular weight excluding hydrogens is 316 g/mol. The molecule has 1 radical (unpaired) electrons. The van der Waals surface area contributed by atoms with Crippen molar-refractivity contribution in [2.45, 2.75) is 0 Å². The minimum Gasteiger partial charge on any atom is -0.507 e. The predicted molar refractivity (Wildman–Crippen MR) is 81.1 cm³/mol. The number of aliphatic imine (C=N–C) groups is 2. The smallest absolute Gasteiger partial charge is 0.124 e. The molecule has 21 heavy (non-hydrogen) atoms. The van der Waals surface area contributed by atoms with Crippen LogP contribution in [0.4, 0.5) is 0 Å². The molecule has 2 aromatic rings. The average Bonchev–Trinajstić information content (AvgIpc) is 2.46. The zero-order chi connectivity index (χ0) is 14.2. The van der Waals surface area contributed by atoms with Gasteiger partial charge in [0.15, 0.2) is 0 Å². The maximum atomic E-state index is 9.54. The van der Waals surface area contributed by atoms with Gasteiger partial charge in [0.05, 0.1) is 13.1 Å². The Morgan fingerprint density at radius 1 is 0.714 bits per heavy atom. The first kappa shape index (κ1) is 17.0. The summed E-state index contributed by atoms with van der Waals surface area (Å²) in [7, 11) is 0. The van der Waals surface area contributed by atoms with E-state index in [1.807, 2.05) is 12.1 Å². The monoisotopic (exact) mass is 331 g/mol. The molecule has 0 spiro atoms. The Morgan fingerprint density at radius 3 is 1.48 bits per heavy atom. The molecule has 113 valence electrons. The Labute approximate surface area is 134 Å². The number of para-hydroxylation sites is 2. The van der Waals surface area contributed by atoms with Crippen LogP contribution in [0.1, 0.15) is 11.1 Å². The van der Waals surface area contributed by atoms with E-state index >= 15 is 0 Å². The van der Waals surface area contributed by atoms with Gasteiger partial charge in [-0.1, -0.05) is 24.3 Å². The summed E-state index contributed by atoms with van der Waals surface area (Å²) >= 11 is 0. The van der Waals surface area contributed by atoms with Crippen molar-refractivity contribution in [3.63, 3.8) is 0 Å². The van der Waals surface area contributed by atoms with Crippen LogP contribution in [0.25, 0.3) is 0 Å². The largest absolute Gasteiger partial charge is 0.507 e. The quantitative estimate of drug-likeness (QED) is 0.502. The summed E-state index contributed by atoms with van der Waals surface area (Å²) in [5.41, 5.74) is 1.38. The van der Waals surface area contributed by atoms with E-state index in [1.54, 1.807) is 48.8 Å². The SMILES string of the molecule is Oc1ccccc1/C=N/CC/N=C/c1ccccc1O.[Cu]. The summed E-state index contributed by atoms with van der Waals surface area (Å²) in [5.74, 6) is 0.433. The summed E-state index contributed by atoms with van der Waals surface area (Å²) in [5, 5.41) is 19.1. The van der Waals surface area contributed by atoms with Gasteiger partial charge in [0.2, 0.25) is 0 Å². The fraction of sp³-hybridized carbons (Fsp3) is 0.125. The number of nitrogens with zero attached hydrogens (tertiary/aromatic N) is 2. The minimum absolute atomic E-state index is 0. The van der Waals surface area contributed by atoms with Crippen LogP contribution in [0.2, 0.25) is 0 Å². The van der Waals surface area contributed by atoms with Crippen molar-refractivity contribution in [1.29, 1.82) is 0 Å². The molecule has 4 nitrogen and oxygen atoms in total. The molecule has 0 bridgehead atoms. The summed E-state index contributed by atoms with van der Waals surface area (Å²) < 4.78 is 0. The maximum absolute atomic E-state index is 9.54. The molecular formula is C16H16CuN2O2. The fourth-order valence-electron chi connectivity index (χ4n) is 1.63. The molecule has 0 atom stereocenters. The topological polar surface area (TPSA) is 65.2 Å². The Morgan fingerprint density at radius 2 is 1.10 bits per heavy atom. The van der Waals surface area contributed by atoms with Gasteiger partial charge >= 0.3 is 0 Å². The fourth-order valence-corrected chi connectivity index (χ4v) is 1.63. The number of aromatic hydroxyl groups is 2. The van der Waals surface area contributed by atoms with Crippen molar-refractivity contribution in [3.05, 3.63) is 59.7 Å². The standard InChI is InChI=1S/C16H16N2O2.Cu/c19-15-7-3-1-5-13(15)11-17-9-10-18-12-14-6-2-4-8-16(14)20;/h1-8,11-12,19-20H,9-10H2;/b17-11+,18-12+;. The van der Waals surface area contributed by atoms with Crippen LogP contribution in [-0.2, 0) is 17.1 Å². The second-order valence-electron chi connectivity index (χ2n) is 4.19. The summed E-state index contributed by atoms with van der Waals surface area (Å²) in [4.78, 5) is 8.39. The van der Waals surface area contributed by atoms with Gasteiger partial charge in [-0.3, -0.25) is 9.98 Å².